The van der Waals surface area contributed by atoms with E-state index in [-0.39, 0.29) is 0 Å². The summed E-state index contributed by atoms with van der Waals surface area (Å²) >= 11 is 0. The van der Waals surface area contributed by atoms with Crippen LogP contribution in [-0.4, -0.2) is 29.2 Å². The molecule has 1 aromatic heterocycles. The molecule has 0 fully saturated rings. The van der Waals surface area contributed by atoms with Crippen molar-refractivity contribution in [3.05, 3.63) is 95.5 Å². The molecule has 6 heteroatoms. The first kappa shape index (κ1) is 23.3. The van der Waals surface area contributed by atoms with Gasteiger partial charge in [-0.25, -0.2) is 5.48 Å². The number of hydroxylamine groups is 1. The highest BCUT2D eigenvalue weighted by Gasteiger charge is 2.10. The van der Waals surface area contributed by atoms with Crippen molar-refractivity contribution >= 4 is 12.0 Å². The van der Waals surface area contributed by atoms with Gasteiger partial charge in [0.15, 0.2) is 0 Å². The van der Waals surface area contributed by atoms with Gasteiger partial charge in [-0.1, -0.05) is 48.0 Å². The quantitative estimate of drug-likeness (QED) is 0.182. The van der Waals surface area contributed by atoms with Gasteiger partial charge in [0.1, 0.15) is 17.3 Å². The molecule has 32 heavy (non-hydrogen) atoms. The summed E-state index contributed by atoms with van der Waals surface area (Å²) < 4.78 is 11.7. The number of carbonyl (C=O) groups is 1. The summed E-state index contributed by atoms with van der Waals surface area (Å²) in [5.41, 5.74) is 4.03. The summed E-state index contributed by atoms with van der Waals surface area (Å²) in [6.07, 6.45) is 4.71. The number of furan rings is 1. The molecule has 0 aliphatic rings. The molecule has 0 spiro atoms. The van der Waals surface area contributed by atoms with Gasteiger partial charge in [0.25, 0.3) is 5.91 Å². The van der Waals surface area contributed by atoms with Crippen molar-refractivity contribution in [1.82, 2.24) is 10.4 Å². The molecule has 2 aromatic carbocycles. The highest BCUT2D eigenvalue weighted by Crippen LogP contribution is 2.16. The SMILES string of the molecule is Cc1ccc(OCCCCN(Cc2ccccc2)Cc2ccc(/C=C/C(=O)NO)o2)cc1. The van der Waals surface area contributed by atoms with Crippen LogP contribution in [-0.2, 0) is 17.9 Å². The Kier molecular flexibility index (Phi) is 9.10. The van der Waals surface area contributed by atoms with Crippen molar-refractivity contribution in [3.63, 3.8) is 0 Å². The number of carbonyl (C=O) groups excluding carboxylic acids is 1. The van der Waals surface area contributed by atoms with Crippen LogP contribution in [0.1, 0.15) is 35.5 Å². The van der Waals surface area contributed by atoms with Gasteiger partial charge in [-0.05, 0) is 62.2 Å². The van der Waals surface area contributed by atoms with E-state index in [0.717, 1.165) is 37.4 Å². The monoisotopic (exact) mass is 434 g/mol. The van der Waals surface area contributed by atoms with Crippen molar-refractivity contribution in [2.75, 3.05) is 13.2 Å². The molecule has 0 atom stereocenters. The topological polar surface area (TPSA) is 74.9 Å². The third-order valence-electron chi connectivity index (χ3n) is 4.98. The van der Waals surface area contributed by atoms with E-state index in [1.54, 1.807) is 5.48 Å². The second kappa shape index (κ2) is 12.5. The lowest BCUT2D eigenvalue weighted by Gasteiger charge is -2.21. The van der Waals surface area contributed by atoms with Crippen LogP contribution in [0.15, 0.2) is 77.2 Å². The second-order valence-corrected chi connectivity index (χ2v) is 7.68. The lowest BCUT2D eigenvalue weighted by Crippen LogP contribution is -2.24. The predicted molar refractivity (Wildman–Crippen MR) is 124 cm³/mol. The molecule has 0 saturated carbocycles. The molecule has 1 heterocycles. The van der Waals surface area contributed by atoms with Crippen LogP contribution in [0.25, 0.3) is 6.08 Å². The van der Waals surface area contributed by atoms with Crippen molar-refractivity contribution in [2.24, 2.45) is 0 Å². The van der Waals surface area contributed by atoms with E-state index in [0.29, 0.717) is 18.9 Å². The molecule has 168 valence electrons. The van der Waals surface area contributed by atoms with Crippen molar-refractivity contribution in [1.29, 1.82) is 0 Å². The number of benzene rings is 2. The molecular weight excluding hydrogens is 404 g/mol. The first-order valence-electron chi connectivity index (χ1n) is 10.8. The fraction of sp³-hybridized carbons (Fsp3) is 0.269. The molecule has 0 radical (unpaired) electrons. The molecule has 0 bridgehead atoms. The van der Waals surface area contributed by atoms with Gasteiger partial charge in [0.2, 0.25) is 0 Å². The van der Waals surface area contributed by atoms with E-state index in [2.05, 4.69) is 36.1 Å². The molecular formula is C26H30N2O4. The van der Waals surface area contributed by atoms with Crippen LogP contribution < -0.4 is 10.2 Å². The van der Waals surface area contributed by atoms with E-state index in [9.17, 15) is 4.79 Å². The largest absolute Gasteiger partial charge is 0.494 e. The molecule has 0 aliphatic carbocycles. The Labute approximate surface area is 189 Å². The Bertz CT molecular complexity index is 981. The maximum absolute atomic E-state index is 11.1. The number of nitrogens with zero attached hydrogens (tertiary/aromatic N) is 1. The van der Waals surface area contributed by atoms with Crippen LogP contribution in [0.4, 0.5) is 0 Å². The first-order valence-corrected chi connectivity index (χ1v) is 10.8. The highest BCUT2D eigenvalue weighted by atomic mass is 16.5. The Morgan fingerprint density at radius 1 is 1.03 bits per heavy atom. The molecule has 2 N–H and O–H groups in total. The number of ether oxygens (including phenoxy) is 1. The van der Waals surface area contributed by atoms with Gasteiger partial charge in [0.05, 0.1) is 13.2 Å². The lowest BCUT2D eigenvalue weighted by molar-refractivity contribution is -0.124. The van der Waals surface area contributed by atoms with Crippen LogP contribution in [0.2, 0.25) is 0 Å². The van der Waals surface area contributed by atoms with Crippen molar-refractivity contribution < 1.29 is 19.2 Å². The summed E-state index contributed by atoms with van der Waals surface area (Å²) in [6.45, 7) is 5.14. The summed E-state index contributed by atoms with van der Waals surface area (Å²) in [6, 6.07) is 22.2. The molecule has 3 aromatic rings. The van der Waals surface area contributed by atoms with Gasteiger partial charge in [-0.3, -0.25) is 14.9 Å². The molecule has 3 rings (SSSR count). The summed E-state index contributed by atoms with van der Waals surface area (Å²) in [4.78, 5) is 13.5. The fourth-order valence-corrected chi connectivity index (χ4v) is 3.30. The maximum Gasteiger partial charge on any atom is 0.267 e. The van der Waals surface area contributed by atoms with Gasteiger partial charge in [-0.15, -0.1) is 0 Å². The number of hydrogen-bond donors (Lipinski definition) is 2. The number of nitrogens with one attached hydrogen (secondary N) is 1. The predicted octanol–water partition coefficient (Wildman–Crippen LogP) is 4.97. The van der Waals surface area contributed by atoms with E-state index < -0.39 is 5.91 Å². The minimum absolute atomic E-state index is 0.565. The average Bonchev–Trinajstić information content (AvgIpc) is 3.26. The fourth-order valence-electron chi connectivity index (χ4n) is 3.30. The van der Waals surface area contributed by atoms with Crippen LogP contribution in [0.5, 0.6) is 5.75 Å². The number of unbranched alkanes of at least 4 members (excludes halogenated alkanes) is 1. The van der Waals surface area contributed by atoms with Crippen molar-refractivity contribution in [3.8, 4) is 5.75 Å². The third-order valence-corrected chi connectivity index (χ3v) is 4.98. The minimum Gasteiger partial charge on any atom is -0.494 e. The molecule has 0 saturated heterocycles. The Hall–Kier alpha value is -3.35. The highest BCUT2D eigenvalue weighted by molar-refractivity contribution is 5.90. The van der Waals surface area contributed by atoms with Crippen LogP contribution in [0.3, 0.4) is 0 Å². The second-order valence-electron chi connectivity index (χ2n) is 7.68. The summed E-state index contributed by atoms with van der Waals surface area (Å²) in [7, 11) is 0. The summed E-state index contributed by atoms with van der Waals surface area (Å²) in [5.74, 6) is 1.69. The molecule has 0 aliphatic heterocycles. The number of hydrogen-bond acceptors (Lipinski definition) is 5. The van der Waals surface area contributed by atoms with E-state index >= 15 is 0 Å². The van der Waals surface area contributed by atoms with Crippen molar-refractivity contribution in [2.45, 2.75) is 32.9 Å². The van der Waals surface area contributed by atoms with Crippen LogP contribution in [0, 0.1) is 6.92 Å². The summed E-state index contributed by atoms with van der Waals surface area (Å²) in [5, 5.41) is 8.58. The van der Waals surface area contributed by atoms with E-state index in [1.165, 1.54) is 23.3 Å². The maximum atomic E-state index is 11.1. The Balaban J connectivity index is 1.52. The molecule has 1 amide bonds. The van der Waals surface area contributed by atoms with Crippen LogP contribution >= 0.6 is 0 Å². The normalized spacial score (nSPS) is 11.2. The zero-order valence-electron chi connectivity index (χ0n) is 18.4. The number of amides is 1. The number of aryl methyl sites for hydroxylation is 1. The van der Waals surface area contributed by atoms with Gasteiger partial charge in [-0.2, -0.15) is 0 Å². The molecule has 6 nitrogen and oxygen atoms in total. The lowest BCUT2D eigenvalue weighted by atomic mass is 10.2. The van der Waals surface area contributed by atoms with Gasteiger partial charge >= 0.3 is 0 Å². The zero-order chi connectivity index (χ0) is 22.6. The average molecular weight is 435 g/mol. The smallest absolute Gasteiger partial charge is 0.267 e. The first-order chi connectivity index (χ1) is 15.6. The molecule has 0 unspecified atom stereocenters. The zero-order valence-corrected chi connectivity index (χ0v) is 18.4. The van der Waals surface area contributed by atoms with Gasteiger partial charge < -0.3 is 9.15 Å². The van der Waals surface area contributed by atoms with E-state index in [4.69, 9.17) is 14.4 Å². The third kappa shape index (κ3) is 8.06. The Morgan fingerprint density at radius 2 is 1.81 bits per heavy atom. The van der Waals surface area contributed by atoms with Gasteiger partial charge in [0, 0.05) is 12.6 Å². The Morgan fingerprint density at radius 3 is 2.56 bits per heavy atom. The number of rotatable bonds is 12. The standard InChI is InChI=1S/C26H30N2O4/c1-21-9-11-23(12-10-21)31-18-6-5-17-28(19-22-7-3-2-4-8-22)20-25-14-13-24(32-25)15-16-26(29)27-30/h2-4,7-16,30H,5-6,17-20H2,1H3,(H,27,29)/b16-15+. The minimum atomic E-state index is -0.596. The van der Waals surface area contributed by atoms with E-state index in [1.807, 2.05) is 42.5 Å².